The van der Waals surface area contributed by atoms with Gasteiger partial charge in [-0.25, -0.2) is 0 Å². The third-order valence-corrected chi connectivity index (χ3v) is 5.09. The standard InChI is InChI=1S/C28H47NO13/c1-2-3-28(30)42-25-23-40-21-19-38-17-15-36-13-11-34-9-8-33-10-12-35-14-16-37-18-20-39-22-24-41-27-6-4-26(5-7-27)29(31)32/h4-7H,2-3,8-25H2,1H3. The SMILES string of the molecule is CCCC(=O)OCCOCCOCCOCCOCCOCCOCCOCCOCCOc1ccc([N+](=O)[O-])cc1. The molecule has 0 aliphatic heterocycles. The van der Waals surface area contributed by atoms with Crippen molar-refractivity contribution >= 4 is 11.7 Å². The second-order valence-electron chi connectivity index (χ2n) is 8.47. The molecule has 0 aromatic heterocycles. The molecule has 1 aromatic carbocycles. The summed E-state index contributed by atoms with van der Waals surface area (Å²) in [5.74, 6) is 0.359. The van der Waals surface area contributed by atoms with Gasteiger partial charge in [0.15, 0.2) is 0 Å². The summed E-state index contributed by atoms with van der Waals surface area (Å²) in [4.78, 5) is 21.3. The largest absolute Gasteiger partial charge is 0.491 e. The van der Waals surface area contributed by atoms with Gasteiger partial charge in [0, 0.05) is 18.6 Å². The van der Waals surface area contributed by atoms with E-state index in [0.717, 1.165) is 6.42 Å². The van der Waals surface area contributed by atoms with Crippen molar-refractivity contribution in [3.63, 3.8) is 0 Å². The molecule has 0 amide bonds. The number of hydrogen-bond acceptors (Lipinski definition) is 13. The number of rotatable bonds is 31. The molecule has 1 rings (SSSR count). The number of non-ortho nitro benzene ring substituents is 1. The van der Waals surface area contributed by atoms with Crippen molar-refractivity contribution < 1.29 is 57.1 Å². The zero-order valence-electron chi connectivity index (χ0n) is 24.7. The van der Waals surface area contributed by atoms with Crippen LogP contribution in [0.1, 0.15) is 19.8 Å². The third-order valence-electron chi connectivity index (χ3n) is 5.09. The molecular weight excluding hydrogens is 558 g/mol. The van der Waals surface area contributed by atoms with E-state index < -0.39 is 4.92 Å². The first-order valence-corrected chi connectivity index (χ1v) is 14.3. The Morgan fingerprint density at radius 2 is 0.905 bits per heavy atom. The summed E-state index contributed by atoms with van der Waals surface area (Å²) in [6.45, 7) is 9.81. The fraction of sp³-hybridized carbons (Fsp3) is 0.750. The smallest absolute Gasteiger partial charge is 0.305 e. The molecule has 1 aromatic rings. The Balaban J connectivity index is 1.68. The van der Waals surface area contributed by atoms with E-state index in [-0.39, 0.29) is 18.3 Å². The number of carbonyl (C=O) groups is 1. The zero-order chi connectivity index (χ0) is 30.4. The van der Waals surface area contributed by atoms with Crippen molar-refractivity contribution in [1.29, 1.82) is 0 Å². The van der Waals surface area contributed by atoms with Crippen LogP contribution in [0.5, 0.6) is 5.75 Å². The van der Waals surface area contributed by atoms with Gasteiger partial charge in [-0.1, -0.05) is 6.92 Å². The minimum absolute atomic E-state index is 0.0236. The van der Waals surface area contributed by atoms with Crippen LogP contribution in [-0.2, 0) is 47.4 Å². The molecule has 0 aliphatic carbocycles. The summed E-state index contributed by atoms with van der Waals surface area (Å²) in [7, 11) is 0. The lowest BCUT2D eigenvalue weighted by Crippen LogP contribution is -2.15. The van der Waals surface area contributed by atoms with Gasteiger partial charge in [0.25, 0.3) is 5.69 Å². The molecule has 0 saturated heterocycles. The van der Waals surface area contributed by atoms with Crippen molar-refractivity contribution in [2.45, 2.75) is 19.8 Å². The summed E-state index contributed by atoms with van der Waals surface area (Å²) in [6, 6.07) is 5.90. The molecule has 0 unspecified atom stereocenters. The van der Waals surface area contributed by atoms with Gasteiger partial charge in [0.2, 0.25) is 0 Å². The average molecular weight is 606 g/mol. The second-order valence-corrected chi connectivity index (χ2v) is 8.47. The average Bonchev–Trinajstić information content (AvgIpc) is 2.99. The molecule has 42 heavy (non-hydrogen) atoms. The highest BCUT2D eigenvalue weighted by Crippen LogP contribution is 2.17. The lowest BCUT2D eigenvalue weighted by molar-refractivity contribution is -0.384. The van der Waals surface area contributed by atoms with E-state index in [2.05, 4.69) is 0 Å². The number of esters is 1. The molecule has 0 N–H and O–H groups in total. The van der Waals surface area contributed by atoms with E-state index >= 15 is 0 Å². The Hall–Kier alpha value is -2.43. The molecule has 14 heteroatoms. The van der Waals surface area contributed by atoms with E-state index in [1.165, 1.54) is 12.1 Å². The quantitative estimate of drug-likeness (QED) is 0.0528. The summed E-state index contributed by atoms with van der Waals surface area (Å²) in [5.41, 5.74) is 0.0236. The van der Waals surface area contributed by atoms with E-state index in [9.17, 15) is 14.9 Å². The molecular formula is C28H47NO13. The summed E-state index contributed by atoms with van der Waals surface area (Å²) < 4.78 is 53.7. The maximum Gasteiger partial charge on any atom is 0.305 e. The Bertz CT molecular complexity index is 767. The first kappa shape index (κ1) is 37.6. The van der Waals surface area contributed by atoms with Crippen LogP contribution in [0.2, 0.25) is 0 Å². The predicted molar refractivity (Wildman–Crippen MR) is 151 cm³/mol. The molecule has 14 nitrogen and oxygen atoms in total. The van der Waals surface area contributed by atoms with E-state index in [1.54, 1.807) is 12.1 Å². The summed E-state index contributed by atoms with van der Waals surface area (Å²) in [5, 5.41) is 10.6. The molecule has 0 heterocycles. The number of nitro benzene ring substituents is 1. The minimum atomic E-state index is -0.455. The van der Waals surface area contributed by atoms with Gasteiger partial charge >= 0.3 is 5.97 Å². The number of nitrogens with zero attached hydrogens (tertiary/aromatic N) is 1. The fourth-order valence-corrected chi connectivity index (χ4v) is 3.01. The van der Waals surface area contributed by atoms with E-state index in [1.807, 2.05) is 6.92 Å². The number of hydrogen-bond donors (Lipinski definition) is 0. The van der Waals surface area contributed by atoms with Crippen LogP contribution in [0.15, 0.2) is 24.3 Å². The van der Waals surface area contributed by atoms with Crippen LogP contribution in [0, 0.1) is 10.1 Å². The molecule has 0 saturated carbocycles. The highest BCUT2D eigenvalue weighted by atomic mass is 16.6. The third kappa shape index (κ3) is 24.2. The molecule has 0 bridgehead atoms. The molecule has 0 atom stereocenters. The monoisotopic (exact) mass is 605 g/mol. The fourth-order valence-electron chi connectivity index (χ4n) is 3.01. The Kier molecular flexibility index (Phi) is 25.7. The van der Waals surface area contributed by atoms with Crippen LogP contribution >= 0.6 is 0 Å². The second kappa shape index (κ2) is 28.7. The van der Waals surface area contributed by atoms with Crippen LogP contribution in [-0.4, -0.2) is 130 Å². The molecule has 0 fully saturated rings. The Morgan fingerprint density at radius 3 is 1.24 bits per heavy atom. The minimum Gasteiger partial charge on any atom is -0.491 e. The van der Waals surface area contributed by atoms with Crippen molar-refractivity contribution in [3.8, 4) is 5.75 Å². The molecule has 242 valence electrons. The maximum absolute atomic E-state index is 11.2. The highest BCUT2D eigenvalue weighted by Gasteiger charge is 2.04. The summed E-state index contributed by atoms with van der Waals surface area (Å²) >= 11 is 0. The van der Waals surface area contributed by atoms with E-state index in [4.69, 9.17) is 47.4 Å². The van der Waals surface area contributed by atoms with Gasteiger partial charge < -0.3 is 47.4 Å². The number of benzene rings is 1. The Labute approximate surface area is 247 Å². The van der Waals surface area contributed by atoms with Gasteiger partial charge in [0.05, 0.1) is 111 Å². The van der Waals surface area contributed by atoms with Crippen LogP contribution in [0.25, 0.3) is 0 Å². The van der Waals surface area contributed by atoms with Crippen molar-refractivity contribution in [3.05, 3.63) is 34.4 Å². The van der Waals surface area contributed by atoms with Gasteiger partial charge in [-0.3, -0.25) is 14.9 Å². The molecule has 0 spiro atoms. The lowest BCUT2D eigenvalue weighted by atomic mass is 10.3. The number of nitro groups is 1. The van der Waals surface area contributed by atoms with Crippen LogP contribution in [0.4, 0.5) is 5.69 Å². The number of ether oxygens (including phenoxy) is 10. The molecule has 0 aliphatic rings. The highest BCUT2D eigenvalue weighted by molar-refractivity contribution is 5.69. The van der Waals surface area contributed by atoms with Crippen molar-refractivity contribution in [1.82, 2.24) is 0 Å². The van der Waals surface area contributed by atoms with Crippen molar-refractivity contribution in [2.75, 3.05) is 119 Å². The van der Waals surface area contributed by atoms with Gasteiger partial charge in [-0.15, -0.1) is 0 Å². The topological polar surface area (TPSA) is 153 Å². The number of carbonyl (C=O) groups excluding carboxylic acids is 1. The lowest BCUT2D eigenvalue weighted by Gasteiger charge is -2.09. The van der Waals surface area contributed by atoms with Crippen LogP contribution in [0.3, 0.4) is 0 Å². The van der Waals surface area contributed by atoms with E-state index in [0.29, 0.717) is 124 Å². The van der Waals surface area contributed by atoms with Crippen LogP contribution < -0.4 is 4.74 Å². The predicted octanol–water partition coefficient (Wildman–Crippen LogP) is 2.45. The first-order valence-electron chi connectivity index (χ1n) is 14.3. The van der Waals surface area contributed by atoms with Gasteiger partial charge in [-0.2, -0.15) is 0 Å². The normalized spacial score (nSPS) is 11.1. The first-order chi connectivity index (χ1) is 20.6. The van der Waals surface area contributed by atoms with Crippen molar-refractivity contribution in [2.24, 2.45) is 0 Å². The van der Waals surface area contributed by atoms with Gasteiger partial charge in [-0.05, 0) is 18.6 Å². The van der Waals surface area contributed by atoms with Gasteiger partial charge in [0.1, 0.15) is 19.0 Å². The summed E-state index contributed by atoms with van der Waals surface area (Å²) in [6.07, 6.45) is 1.22. The zero-order valence-corrected chi connectivity index (χ0v) is 24.7. The maximum atomic E-state index is 11.2. The molecule has 0 radical (unpaired) electrons. The Morgan fingerprint density at radius 1 is 0.571 bits per heavy atom.